The number of esters is 1. The van der Waals surface area contributed by atoms with Gasteiger partial charge in [0.05, 0.1) is 13.7 Å². The lowest BCUT2D eigenvalue weighted by molar-refractivity contribution is 0.0488. The molecule has 0 radical (unpaired) electrons. The Morgan fingerprint density at radius 1 is 1.23 bits per heavy atom. The molecule has 7 nitrogen and oxygen atoms in total. The number of hydrogen-bond acceptors (Lipinski definition) is 5. The topological polar surface area (TPSA) is 99.1 Å². The van der Waals surface area contributed by atoms with Crippen molar-refractivity contribution in [3.63, 3.8) is 0 Å². The van der Waals surface area contributed by atoms with Crippen LogP contribution in [0.5, 0.6) is 5.75 Å². The van der Waals surface area contributed by atoms with E-state index in [-0.39, 0.29) is 36.3 Å². The first-order valence-electron chi connectivity index (χ1n) is 8.05. The molecule has 3 N–H and O–H groups in total. The number of rotatable bonds is 8. The van der Waals surface area contributed by atoms with Gasteiger partial charge in [0.25, 0.3) is 0 Å². The number of methoxy groups -OCH3 is 1. The average molecular weight is 473 g/mol. The fourth-order valence-corrected chi connectivity index (χ4v) is 2.12. The minimum absolute atomic E-state index is 0. The summed E-state index contributed by atoms with van der Waals surface area (Å²) in [7, 11) is 1.64. The molecule has 0 aliphatic rings. The molecular weight excluding hydrogens is 449 g/mol. The molecule has 0 atom stereocenters. The Morgan fingerprint density at radius 2 is 1.96 bits per heavy atom. The van der Waals surface area contributed by atoms with Crippen LogP contribution in [0, 0.1) is 0 Å². The van der Waals surface area contributed by atoms with Gasteiger partial charge < -0.3 is 24.9 Å². The summed E-state index contributed by atoms with van der Waals surface area (Å²) in [5, 5.41) is 3.04. The van der Waals surface area contributed by atoms with Crippen molar-refractivity contribution in [2.75, 3.05) is 20.3 Å². The van der Waals surface area contributed by atoms with Crippen molar-refractivity contribution in [1.29, 1.82) is 0 Å². The van der Waals surface area contributed by atoms with Crippen LogP contribution in [-0.2, 0) is 17.7 Å². The number of ether oxygens (including phenoxy) is 2. The number of nitrogens with two attached hydrogens (primary N) is 1. The number of carbonyl (C=O) groups is 1. The number of nitrogens with zero attached hydrogens (tertiary/aromatic N) is 1. The lowest BCUT2D eigenvalue weighted by Crippen LogP contribution is -2.33. The van der Waals surface area contributed by atoms with E-state index in [9.17, 15) is 4.79 Å². The van der Waals surface area contributed by atoms with Crippen molar-refractivity contribution in [2.45, 2.75) is 19.9 Å². The summed E-state index contributed by atoms with van der Waals surface area (Å²) in [5.74, 6) is 1.38. The number of aliphatic imine (C=N–C) groups is 1. The van der Waals surface area contributed by atoms with Gasteiger partial charge in [-0.15, -0.1) is 24.0 Å². The number of carbonyl (C=O) groups excluding carboxylic acids is 1. The summed E-state index contributed by atoms with van der Waals surface area (Å²) in [6, 6.07) is 11.1. The first-order valence-corrected chi connectivity index (χ1v) is 8.05. The molecule has 2 aromatic rings. The quantitative estimate of drug-likeness (QED) is 0.265. The molecule has 0 aliphatic carbocycles. The molecule has 26 heavy (non-hydrogen) atoms. The maximum absolute atomic E-state index is 11.5. The monoisotopic (exact) mass is 473 g/mol. The van der Waals surface area contributed by atoms with Gasteiger partial charge in [-0.2, -0.15) is 0 Å². The third-order valence-corrected chi connectivity index (χ3v) is 3.42. The van der Waals surface area contributed by atoms with E-state index >= 15 is 0 Å². The van der Waals surface area contributed by atoms with E-state index in [4.69, 9.17) is 19.6 Å². The summed E-state index contributed by atoms with van der Waals surface area (Å²) in [6.07, 6.45) is 0.813. The van der Waals surface area contributed by atoms with Gasteiger partial charge >= 0.3 is 5.97 Å². The van der Waals surface area contributed by atoms with Crippen LogP contribution in [0.2, 0.25) is 0 Å². The van der Waals surface area contributed by atoms with Crippen LogP contribution in [0.25, 0.3) is 0 Å². The van der Waals surface area contributed by atoms with Crippen molar-refractivity contribution in [2.24, 2.45) is 10.7 Å². The Morgan fingerprint density at radius 3 is 2.62 bits per heavy atom. The van der Waals surface area contributed by atoms with Gasteiger partial charge in [0.2, 0.25) is 5.76 Å². The van der Waals surface area contributed by atoms with Crippen molar-refractivity contribution < 1.29 is 18.7 Å². The zero-order valence-electron chi connectivity index (χ0n) is 14.9. The normalized spacial score (nSPS) is 10.8. The van der Waals surface area contributed by atoms with Crippen molar-refractivity contribution in [1.82, 2.24) is 5.32 Å². The standard InChI is InChI=1S/C18H23N3O4.HI/c1-3-24-17(22)16-9-8-15(25-16)12-21-18(19)20-11-10-13-4-6-14(23-2)7-5-13;/h4-9H,3,10-12H2,1-2H3,(H3,19,20,21);1H. The molecule has 0 amide bonds. The molecule has 1 aromatic carbocycles. The SMILES string of the molecule is CCOC(=O)c1ccc(CN=C(N)NCCc2ccc(OC)cc2)o1.I. The van der Waals surface area contributed by atoms with Crippen LogP contribution in [0.1, 0.15) is 28.8 Å². The summed E-state index contributed by atoms with van der Waals surface area (Å²) >= 11 is 0. The average Bonchev–Trinajstić information content (AvgIpc) is 3.10. The first-order chi connectivity index (χ1) is 12.1. The van der Waals surface area contributed by atoms with Gasteiger partial charge in [-0.05, 0) is 43.2 Å². The molecule has 2 rings (SSSR count). The molecule has 0 bridgehead atoms. The summed E-state index contributed by atoms with van der Waals surface area (Å²) < 4.78 is 15.4. The minimum Gasteiger partial charge on any atom is -0.497 e. The van der Waals surface area contributed by atoms with E-state index in [0.717, 1.165) is 12.2 Å². The van der Waals surface area contributed by atoms with Gasteiger partial charge in [0.15, 0.2) is 5.96 Å². The highest BCUT2D eigenvalue weighted by atomic mass is 127. The maximum Gasteiger partial charge on any atom is 0.374 e. The van der Waals surface area contributed by atoms with Crippen molar-refractivity contribution >= 4 is 35.9 Å². The van der Waals surface area contributed by atoms with Gasteiger partial charge in [0, 0.05) is 6.54 Å². The number of furan rings is 1. The largest absolute Gasteiger partial charge is 0.497 e. The molecular formula is C18H24IN3O4. The second-order valence-electron chi connectivity index (χ2n) is 5.21. The van der Waals surface area contributed by atoms with E-state index in [1.165, 1.54) is 5.56 Å². The lowest BCUT2D eigenvalue weighted by Gasteiger charge is -2.06. The van der Waals surface area contributed by atoms with Crippen LogP contribution in [-0.4, -0.2) is 32.2 Å². The molecule has 142 valence electrons. The summed E-state index contributed by atoms with van der Waals surface area (Å²) in [5.41, 5.74) is 7.00. The zero-order chi connectivity index (χ0) is 18.1. The molecule has 0 aliphatic heterocycles. The van der Waals surface area contributed by atoms with Gasteiger partial charge in [-0.1, -0.05) is 12.1 Å². The van der Waals surface area contributed by atoms with Crippen LogP contribution in [0.4, 0.5) is 0 Å². The third kappa shape index (κ3) is 6.95. The highest BCUT2D eigenvalue weighted by molar-refractivity contribution is 14.0. The Labute approximate surface area is 170 Å². The van der Waals surface area contributed by atoms with E-state index in [1.54, 1.807) is 26.2 Å². The molecule has 0 fully saturated rings. The summed E-state index contributed by atoms with van der Waals surface area (Å²) in [6.45, 7) is 2.96. The maximum atomic E-state index is 11.5. The minimum atomic E-state index is -0.483. The smallest absolute Gasteiger partial charge is 0.374 e. The molecule has 1 heterocycles. The van der Waals surface area contributed by atoms with Crippen LogP contribution >= 0.6 is 24.0 Å². The van der Waals surface area contributed by atoms with Crippen LogP contribution in [0.3, 0.4) is 0 Å². The third-order valence-electron chi connectivity index (χ3n) is 3.42. The van der Waals surface area contributed by atoms with Gasteiger partial charge in [0.1, 0.15) is 18.1 Å². The van der Waals surface area contributed by atoms with E-state index < -0.39 is 5.97 Å². The van der Waals surface area contributed by atoms with Crippen LogP contribution in [0.15, 0.2) is 45.8 Å². The Kier molecular flexibility index (Phi) is 9.56. The predicted molar refractivity (Wildman–Crippen MR) is 110 cm³/mol. The number of halogens is 1. The Hall–Kier alpha value is -2.23. The predicted octanol–water partition coefficient (Wildman–Crippen LogP) is 2.73. The fourth-order valence-electron chi connectivity index (χ4n) is 2.12. The lowest BCUT2D eigenvalue weighted by atomic mass is 10.1. The zero-order valence-corrected chi connectivity index (χ0v) is 17.2. The second kappa shape index (κ2) is 11.4. The van der Waals surface area contributed by atoms with E-state index in [1.807, 2.05) is 24.3 Å². The first kappa shape index (κ1) is 21.8. The number of hydrogen-bond donors (Lipinski definition) is 2. The van der Waals surface area contributed by atoms with E-state index in [0.29, 0.717) is 24.9 Å². The number of guanidine groups is 1. The number of benzene rings is 1. The van der Waals surface area contributed by atoms with Crippen LogP contribution < -0.4 is 15.8 Å². The Balaban J connectivity index is 0.00000338. The molecule has 0 unspecified atom stereocenters. The van der Waals surface area contributed by atoms with E-state index in [2.05, 4.69) is 10.3 Å². The number of nitrogens with one attached hydrogen (secondary N) is 1. The Bertz CT molecular complexity index is 713. The fraction of sp³-hybridized carbons (Fsp3) is 0.333. The molecule has 0 saturated carbocycles. The van der Waals surface area contributed by atoms with Gasteiger partial charge in [-0.25, -0.2) is 9.79 Å². The second-order valence-corrected chi connectivity index (χ2v) is 5.21. The molecule has 1 aromatic heterocycles. The molecule has 0 saturated heterocycles. The summed E-state index contributed by atoms with van der Waals surface area (Å²) in [4.78, 5) is 15.7. The highest BCUT2D eigenvalue weighted by Gasteiger charge is 2.11. The van der Waals surface area contributed by atoms with Crippen molar-refractivity contribution in [3.05, 3.63) is 53.5 Å². The highest BCUT2D eigenvalue weighted by Crippen LogP contribution is 2.12. The van der Waals surface area contributed by atoms with Gasteiger partial charge in [-0.3, -0.25) is 0 Å². The molecule has 0 spiro atoms. The molecule has 8 heteroatoms. The van der Waals surface area contributed by atoms with Crippen molar-refractivity contribution in [3.8, 4) is 5.75 Å².